The van der Waals surface area contributed by atoms with Crippen molar-refractivity contribution in [2.45, 2.75) is 13.5 Å². The predicted octanol–water partition coefficient (Wildman–Crippen LogP) is 2.73. The number of aromatic nitrogens is 1. The number of thiazole rings is 1. The first kappa shape index (κ1) is 11.6. The maximum atomic E-state index is 10.9. The third-order valence-corrected chi connectivity index (χ3v) is 3.06. The minimum Gasteiger partial charge on any atom is -0.487 e. The van der Waals surface area contributed by atoms with Gasteiger partial charge in [-0.05, 0) is 24.6 Å². The lowest BCUT2D eigenvalue weighted by Crippen LogP contribution is -2.03. The van der Waals surface area contributed by atoms with Crippen LogP contribution in [-0.4, -0.2) is 16.1 Å². The van der Waals surface area contributed by atoms with Crippen LogP contribution in [0, 0.1) is 6.92 Å². The van der Waals surface area contributed by atoms with Crippen LogP contribution in [0.5, 0.6) is 5.75 Å². The largest absolute Gasteiger partial charge is 0.487 e. The molecule has 0 aliphatic rings. The smallest absolute Gasteiger partial charge is 0.347 e. The van der Waals surface area contributed by atoms with Crippen LogP contribution >= 0.6 is 11.3 Å². The molecule has 0 unspecified atom stereocenters. The van der Waals surface area contributed by atoms with E-state index in [1.807, 2.05) is 31.2 Å². The molecule has 5 heteroatoms. The highest BCUT2D eigenvalue weighted by Crippen LogP contribution is 2.17. The molecule has 2 aromatic rings. The Labute approximate surface area is 103 Å². The van der Waals surface area contributed by atoms with Crippen molar-refractivity contribution in [3.63, 3.8) is 0 Å². The zero-order chi connectivity index (χ0) is 12.3. The second-order valence-electron chi connectivity index (χ2n) is 3.54. The van der Waals surface area contributed by atoms with E-state index in [1.54, 1.807) is 0 Å². The Hall–Kier alpha value is -1.88. The number of carbonyl (C=O) groups is 1. The minimum atomic E-state index is -0.963. The second-order valence-corrected chi connectivity index (χ2v) is 4.39. The molecule has 0 spiro atoms. The predicted molar refractivity (Wildman–Crippen MR) is 64.6 cm³/mol. The number of aryl methyl sites for hydroxylation is 1. The molecule has 1 N–H and O–H groups in total. The third-order valence-electron chi connectivity index (χ3n) is 2.20. The Balaban J connectivity index is 2.07. The molecule has 1 heterocycles. The van der Waals surface area contributed by atoms with E-state index >= 15 is 0 Å². The van der Waals surface area contributed by atoms with E-state index in [2.05, 4.69) is 4.98 Å². The molecule has 4 nitrogen and oxygen atoms in total. The van der Waals surface area contributed by atoms with Crippen LogP contribution in [-0.2, 0) is 6.61 Å². The number of nitrogens with zero attached hydrogens (tertiary/aromatic N) is 1. The number of carboxylic acid groups (broad SMARTS) is 1. The summed E-state index contributed by atoms with van der Waals surface area (Å²) >= 11 is 1.11. The quantitative estimate of drug-likeness (QED) is 0.905. The highest BCUT2D eigenvalue weighted by atomic mass is 32.1. The molecular formula is C12H11NO3S. The van der Waals surface area contributed by atoms with Gasteiger partial charge in [0.05, 0.1) is 5.51 Å². The van der Waals surface area contributed by atoms with Gasteiger partial charge in [-0.2, -0.15) is 0 Å². The summed E-state index contributed by atoms with van der Waals surface area (Å²) in [5.74, 6) is -0.246. The van der Waals surface area contributed by atoms with E-state index in [0.29, 0.717) is 11.4 Å². The first-order valence-corrected chi connectivity index (χ1v) is 5.90. The highest BCUT2D eigenvalue weighted by molar-refractivity contribution is 7.11. The van der Waals surface area contributed by atoms with E-state index in [1.165, 1.54) is 5.51 Å². The van der Waals surface area contributed by atoms with Crippen LogP contribution in [0.3, 0.4) is 0 Å². The molecule has 0 fully saturated rings. The van der Waals surface area contributed by atoms with Crippen LogP contribution in [0.4, 0.5) is 0 Å². The number of benzene rings is 1. The lowest BCUT2D eigenvalue weighted by atomic mass is 10.2. The summed E-state index contributed by atoms with van der Waals surface area (Å²) in [6, 6.07) is 7.59. The number of carboxylic acids is 1. The molecule has 0 radical (unpaired) electrons. The van der Waals surface area contributed by atoms with Gasteiger partial charge in [-0.1, -0.05) is 12.1 Å². The average Bonchev–Trinajstić information content (AvgIpc) is 2.74. The molecular weight excluding hydrogens is 238 g/mol. The van der Waals surface area contributed by atoms with E-state index in [-0.39, 0.29) is 11.5 Å². The van der Waals surface area contributed by atoms with E-state index in [0.717, 1.165) is 16.9 Å². The SMILES string of the molecule is Cc1cccc(OCc2ncsc2C(=O)O)c1. The topological polar surface area (TPSA) is 59.4 Å². The zero-order valence-electron chi connectivity index (χ0n) is 9.21. The Kier molecular flexibility index (Phi) is 3.39. The summed E-state index contributed by atoms with van der Waals surface area (Å²) < 4.78 is 5.50. The lowest BCUT2D eigenvalue weighted by molar-refractivity contribution is 0.0699. The molecule has 0 aliphatic heterocycles. The summed E-state index contributed by atoms with van der Waals surface area (Å²) in [4.78, 5) is 15.1. The number of rotatable bonds is 4. The van der Waals surface area contributed by atoms with Gasteiger partial charge in [0.2, 0.25) is 0 Å². The van der Waals surface area contributed by atoms with Crippen molar-refractivity contribution in [2.75, 3.05) is 0 Å². The molecule has 2 rings (SSSR count). The molecule has 0 saturated heterocycles. The molecule has 88 valence electrons. The summed E-state index contributed by atoms with van der Waals surface area (Å²) in [6.07, 6.45) is 0. The molecule has 0 bridgehead atoms. The molecule has 0 aliphatic carbocycles. The van der Waals surface area contributed by atoms with Crippen LogP contribution in [0.2, 0.25) is 0 Å². The van der Waals surface area contributed by atoms with Crippen molar-refractivity contribution in [3.05, 3.63) is 45.9 Å². The monoisotopic (exact) mass is 249 g/mol. The van der Waals surface area contributed by atoms with Gasteiger partial charge in [-0.15, -0.1) is 11.3 Å². The Morgan fingerprint density at radius 3 is 3.06 bits per heavy atom. The fraction of sp³-hybridized carbons (Fsp3) is 0.167. The van der Waals surface area contributed by atoms with Crippen LogP contribution in [0.25, 0.3) is 0 Å². The average molecular weight is 249 g/mol. The van der Waals surface area contributed by atoms with Crippen molar-refractivity contribution in [1.82, 2.24) is 4.98 Å². The maximum absolute atomic E-state index is 10.9. The molecule has 0 saturated carbocycles. The van der Waals surface area contributed by atoms with Crippen molar-refractivity contribution >= 4 is 17.3 Å². The summed E-state index contributed by atoms with van der Waals surface area (Å²) in [5, 5.41) is 8.91. The van der Waals surface area contributed by atoms with Gasteiger partial charge in [-0.25, -0.2) is 9.78 Å². The van der Waals surface area contributed by atoms with Crippen molar-refractivity contribution in [3.8, 4) is 5.75 Å². The Morgan fingerprint density at radius 1 is 1.53 bits per heavy atom. The normalized spacial score (nSPS) is 10.2. The summed E-state index contributed by atoms with van der Waals surface area (Å²) in [5.41, 5.74) is 3.07. The lowest BCUT2D eigenvalue weighted by Gasteiger charge is -2.05. The standard InChI is InChI=1S/C12H11NO3S/c1-8-3-2-4-9(5-8)16-6-10-11(12(14)15)17-7-13-10/h2-5,7H,6H2,1H3,(H,14,15). The molecule has 17 heavy (non-hydrogen) atoms. The van der Waals surface area contributed by atoms with Gasteiger partial charge in [-0.3, -0.25) is 0 Å². The van der Waals surface area contributed by atoms with Gasteiger partial charge in [0.1, 0.15) is 22.9 Å². The zero-order valence-corrected chi connectivity index (χ0v) is 10.0. The first-order valence-electron chi connectivity index (χ1n) is 5.02. The third kappa shape index (κ3) is 2.82. The number of ether oxygens (including phenoxy) is 1. The summed E-state index contributed by atoms with van der Waals surface area (Å²) in [6.45, 7) is 2.15. The van der Waals surface area contributed by atoms with E-state index < -0.39 is 5.97 Å². The maximum Gasteiger partial charge on any atom is 0.347 e. The second kappa shape index (κ2) is 4.97. The fourth-order valence-corrected chi connectivity index (χ4v) is 2.04. The molecule has 1 aromatic heterocycles. The minimum absolute atomic E-state index is 0.175. The van der Waals surface area contributed by atoms with Gasteiger partial charge in [0.15, 0.2) is 0 Å². The van der Waals surface area contributed by atoms with Gasteiger partial charge in [0, 0.05) is 0 Å². The highest BCUT2D eigenvalue weighted by Gasteiger charge is 2.13. The number of hydrogen-bond acceptors (Lipinski definition) is 4. The first-order chi connectivity index (χ1) is 8.16. The molecule has 0 amide bonds. The molecule has 1 aromatic carbocycles. The van der Waals surface area contributed by atoms with Gasteiger partial charge in [0.25, 0.3) is 0 Å². The number of aromatic carboxylic acids is 1. The Morgan fingerprint density at radius 2 is 2.35 bits per heavy atom. The van der Waals surface area contributed by atoms with Crippen molar-refractivity contribution < 1.29 is 14.6 Å². The Bertz CT molecular complexity index is 536. The van der Waals surface area contributed by atoms with E-state index in [4.69, 9.17) is 9.84 Å². The summed E-state index contributed by atoms with van der Waals surface area (Å²) in [7, 11) is 0. The van der Waals surface area contributed by atoms with Crippen molar-refractivity contribution in [2.24, 2.45) is 0 Å². The van der Waals surface area contributed by atoms with E-state index in [9.17, 15) is 4.79 Å². The van der Waals surface area contributed by atoms with Gasteiger partial charge < -0.3 is 9.84 Å². The fourth-order valence-electron chi connectivity index (χ4n) is 1.40. The van der Waals surface area contributed by atoms with Gasteiger partial charge >= 0.3 is 5.97 Å². The van der Waals surface area contributed by atoms with Crippen LogP contribution in [0.15, 0.2) is 29.8 Å². The number of hydrogen-bond donors (Lipinski definition) is 1. The van der Waals surface area contributed by atoms with Crippen LogP contribution in [0.1, 0.15) is 20.9 Å². The van der Waals surface area contributed by atoms with Crippen LogP contribution < -0.4 is 4.74 Å². The molecule has 0 atom stereocenters. The van der Waals surface area contributed by atoms with Crippen molar-refractivity contribution in [1.29, 1.82) is 0 Å².